The second kappa shape index (κ2) is 19.8. The first-order valence-corrected chi connectivity index (χ1v) is 25.1. The second-order valence-electron chi connectivity index (χ2n) is 20.2. The van der Waals surface area contributed by atoms with E-state index in [1.54, 1.807) is 42.6 Å². The number of nitrogens with zero attached hydrogens (tertiary/aromatic N) is 6. The molecule has 1 saturated carbocycles. The number of rotatable bonds is 16. The third-order valence-corrected chi connectivity index (χ3v) is 15.3. The molecular weight excluding hydrogens is 965 g/mol. The van der Waals surface area contributed by atoms with Crippen molar-refractivity contribution in [1.29, 1.82) is 0 Å². The van der Waals surface area contributed by atoms with E-state index in [0.29, 0.717) is 109 Å². The van der Waals surface area contributed by atoms with Gasteiger partial charge in [0.2, 0.25) is 23.6 Å². The Bertz CT molecular complexity index is 2990. The highest BCUT2D eigenvalue weighted by Crippen LogP contribution is 2.48. The molecule has 74 heavy (non-hydrogen) atoms. The van der Waals surface area contributed by atoms with Gasteiger partial charge in [-0.3, -0.25) is 39.2 Å². The standard InChI is InChI=1S/C53H54F4N10O7/c54-33-2-4-34(5-3-33)61-50(71)52(15-16-52)51(72)62-35-6-8-38(9-7-35)73-44-12-18-58-41-25-43(45(24-39(41)44)74-53(55,56)57)65-20-13-31(14-21-65)27-66-36-23-37(66)30-64(29-36)19-1-17-59-46-22-32-28-67(49(70)40(32)26-60-46)42-10-11-47(68)63-48(42)69/h2-9,12,18,22,24-26,31,36-37,42H,1,10-11,13-17,19-21,23,27-30H2,(H,59,60)(H,61,71)(H,62,72)(H,63,68,69). The summed E-state index contributed by atoms with van der Waals surface area (Å²) in [5.74, 6) is -1.10. The number of alkyl halides is 3. The summed E-state index contributed by atoms with van der Waals surface area (Å²) in [7, 11) is 0. The summed E-state index contributed by atoms with van der Waals surface area (Å²) in [6.45, 7) is 5.94. The number of fused-ring (bicyclic) bond motifs is 4. The normalized spacial score (nSPS) is 21.7. The molecule has 0 radical (unpaired) electrons. The van der Waals surface area contributed by atoms with E-state index in [0.717, 1.165) is 57.4 Å². The largest absolute Gasteiger partial charge is 0.573 e. The Hall–Kier alpha value is -7.39. The lowest BCUT2D eigenvalue weighted by molar-refractivity contribution is -0.274. The molecule has 12 rings (SSSR count). The van der Waals surface area contributed by atoms with Crippen molar-refractivity contribution in [3.05, 3.63) is 102 Å². The van der Waals surface area contributed by atoms with Gasteiger partial charge in [-0.2, -0.15) is 0 Å². The lowest BCUT2D eigenvalue weighted by Crippen LogP contribution is -2.69. The van der Waals surface area contributed by atoms with Crippen LogP contribution < -0.4 is 35.6 Å². The molecule has 2 bridgehead atoms. The Balaban J connectivity index is 0.651. The van der Waals surface area contributed by atoms with E-state index < -0.39 is 41.4 Å². The molecule has 5 amide bonds. The van der Waals surface area contributed by atoms with Gasteiger partial charge in [0.1, 0.15) is 34.6 Å². The monoisotopic (exact) mass is 1020 g/mol. The number of piperazine rings is 1. The number of ether oxygens (including phenoxy) is 2. The molecule has 1 aliphatic carbocycles. The van der Waals surface area contributed by atoms with Gasteiger partial charge in [0.05, 0.1) is 16.8 Å². The zero-order chi connectivity index (χ0) is 51.3. The number of anilines is 4. The Labute approximate surface area is 422 Å². The maximum atomic E-state index is 14.0. The molecule has 386 valence electrons. The van der Waals surface area contributed by atoms with Gasteiger partial charge in [-0.05, 0) is 136 Å². The number of amides is 5. The van der Waals surface area contributed by atoms with Crippen LogP contribution in [0.25, 0.3) is 10.9 Å². The number of hydrogen-bond donors (Lipinski definition) is 4. The van der Waals surface area contributed by atoms with Gasteiger partial charge < -0.3 is 40.1 Å². The fourth-order valence-electron chi connectivity index (χ4n) is 11.1. The zero-order valence-electron chi connectivity index (χ0n) is 40.3. The van der Waals surface area contributed by atoms with E-state index in [-0.39, 0.29) is 29.7 Å². The van der Waals surface area contributed by atoms with Crippen LogP contribution in [0.3, 0.4) is 0 Å². The number of carbonyl (C=O) groups is 5. The smallest absolute Gasteiger partial charge is 0.457 e. The molecule has 3 unspecified atom stereocenters. The second-order valence-corrected chi connectivity index (χ2v) is 20.2. The zero-order valence-corrected chi connectivity index (χ0v) is 40.3. The number of benzene rings is 3. The van der Waals surface area contributed by atoms with Crippen molar-refractivity contribution in [1.82, 2.24) is 30.0 Å². The van der Waals surface area contributed by atoms with Crippen LogP contribution in [0.15, 0.2) is 85.2 Å². The van der Waals surface area contributed by atoms with Gasteiger partial charge in [-0.15, -0.1) is 13.2 Å². The first-order chi connectivity index (χ1) is 35.6. The molecule has 7 aliphatic rings. The average molecular weight is 1020 g/mol. The highest BCUT2D eigenvalue weighted by atomic mass is 19.4. The van der Waals surface area contributed by atoms with E-state index in [1.165, 1.54) is 41.4 Å². The average Bonchev–Trinajstić information content (AvgIpc) is 4.14. The summed E-state index contributed by atoms with van der Waals surface area (Å²) in [4.78, 5) is 80.8. The predicted molar refractivity (Wildman–Crippen MR) is 264 cm³/mol. The van der Waals surface area contributed by atoms with Crippen LogP contribution in [-0.4, -0.2) is 125 Å². The molecule has 21 heteroatoms. The maximum Gasteiger partial charge on any atom is 0.573 e. The topological polar surface area (TPSA) is 191 Å². The highest BCUT2D eigenvalue weighted by molar-refractivity contribution is 6.17. The number of imide groups is 1. The number of nitrogens with one attached hydrogen (secondary N) is 4. The van der Waals surface area contributed by atoms with E-state index in [1.807, 2.05) is 11.0 Å². The predicted octanol–water partition coefficient (Wildman–Crippen LogP) is 7.06. The molecule has 17 nitrogen and oxygen atoms in total. The lowest BCUT2D eigenvalue weighted by Gasteiger charge is -2.57. The first-order valence-electron chi connectivity index (χ1n) is 25.1. The number of carbonyl (C=O) groups excluding carboxylic acids is 5. The SMILES string of the molecule is O=C1CCC(N2Cc3cc(NCCCN4CC5CC(C4)N5CC4CCN(c5cc6nccc(Oc7ccc(NC(=O)C8(C(=O)Nc9ccc(F)cc9)CC8)cc7)c6cc5OC(F)(F)F)CC4)ncc3C2=O)C(=O)N1. The Morgan fingerprint density at radius 1 is 0.851 bits per heavy atom. The van der Waals surface area contributed by atoms with Crippen LogP contribution >= 0.6 is 0 Å². The van der Waals surface area contributed by atoms with Gasteiger partial charge in [-0.25, -0.2) is 9.37 Å². The van der Waals surface area contributed by atoms with Crippen molar-refractivity contribution >= 4 is 63.3 Å². The van der Waals surface area contributed by atoms with Gasteiger partial charge in [0, 0.05) is 93.5 Å². The molecule has 6 fully saturated rings. The number of piperidine rings is 3. The molecular formula is C53H54F4N10O7. The fourth-order valence-corrected chi connectivity index (χ4v) is 11.1. The minimum absolute atomic E-state index is 0.201. The van der Waals surface area contributed by atoms with Crippen molar-refractivity contribution in [3.8, 4) is 17.2 Å². The van der Waals surface area contributed by atoms with E-state index in [2.05, 4.69) is 45.8 Å². The number of pyridine rings is 2. The minimum Gasteiger partial charge on any atom is -0.457 e. The molecule has 3 aromatic carbocycles. The van der Waals surface area contributed by atoms with Crippen LogP contribution in [0.1, 0.15) is 67.3 Å². The maximum absolute atomic E-state index is 14.0. The highest BCUT2D eigenvalue weighted by Gasteiger charge is 2.56. The molecule has 5 saturated heterocycles. The van der Waals surface area contributed by atoms with Crippen molar-refractivity contribution in [2.75, 3.05) is 66.7 Å². The van der Waals surface area contributed by atoms with Crippen molar-refractivity contribution < 1.29 is 51.0 Å². The van der Waals surface area contributed by atoms with Crippen LogP contribution in [0.5, 0.6) is 17.2 Å². The Morgan fingerprint density at radius 2 is 1.55 bits per heavy atom. The third kappa shape index (κ3) is 10.3. The number of halogens is 4. The fraction of sp³-hybridized carbons (Fsp3) is 0.415. The summed E-state index contributed by atoms with van der Waals surface area (Å²) in [6.07, 6.45) is 3.04. The van der Waals surface area contributed by atoms with Crippen LogP contribution in [-0.2, 0) is 25.7 Å². The van der Waals surface area contributed by atoms with Crippen molar-refractivity contribution in [3.63, 3.8) is 0 Å². The van der Waals surface area contributed by atoms with Crippen LogP contribution in [0, 0.1) is 17.2 Å². The summed E-state index contributed by atoms with van der Waals surface area (Å²) >= 11 is 0. The number of aromatic nitrogens is 2. The molecule has 3 atom stereocenters. The molecule has 5 aromatic rings. The van der Waals surface area contributed by atoms with E-state index in [4.69, 9.17) is 4.74 Å². The quantitative estimate of drug-likeness (QED) is 0.0341. The van der Waals surface area contributed by atoms with E-state index >= 15 is 0 Å². The van der Waals surface area contributed by atoms with Crippen LogP contribution in [0.4, 0.5) is 40.4 Å². The molecule has 2 aromatic heterocycles. The first kappa shape index (κ1) is 48.9. The van der Waals surface area contributed by atoms with Gasteiger partial charge in [0.25, 0.3) is 5.91 Å². The Kier molecular flexibility index (Phi) is 13.1. The van der Waals surface area contributed by atoms with Crippen molar-refractivity contribution in [2.24, 2.45) is 11.3 Å². The van der Waals surface area contributed by atoms with Crippen molar-refractivity contribution in [2.45, 2.75) is 82.4 Å². The van der Waals surface area contributed by atoms with Gasteiger partial charge in [0.15, 0.2) is 5.75 Å². The molecule has 4 N–H and O–H groups in total. The summed E-state index contributed by atoms with van der Waals surface area (Å²) in [5.41, 5.74) is 1.55. The van der Waals surface area contributed by atoms with Gasteiger partial charge in [-0.1, -0.05) is 0 Å². The molecule has 6 aliphatic heterocycles. The van der Waals surface area contributed by atoms with Crippen LogP contribution in [0.2, 0.25) is 0 Å². The summed E-state index contributed by atoms with van der Waals surface area (Å²) < 4.78 is 66.1. The number of hydrogen-bond acceptors (Lipinski definition) is 13. The summed E-state index contributed by atoms with van der Waals surface area (Å²) in [5, 5.41) is 11.5. The molecule has 8 heterocycles. The minimum atomic E-state index is -4.95. The third-order valence-electron chi connectivity index (χ3n) is 15.3. The Morgan fingerprint density at radius 3 is 2.23 bits per heavy atom. The summed E-state index contributed by atoms with van der Waals surface area (Å²) in [6, 6.07) is 18.3. The molecule has 0 spiro atoms. The van der Waals surface area contributed by atoms with Gasteiger partial charge >= 0.3 is 6.36 Å². The van der Waals surface area contributed by atoms with E-state index in [9.17, 15) is 41.5 Å². The lowest BCUT2D eigenvalue weighted by atomic mass is 9.84.